The molecule has 25 heavy (non-hydrogen) atoms. The summed E-state index contributed by atoms with van der Waals surface area (Å²) < 4.78 is 0. The highest BCUT2D eigenvalue weighted by Gasteiger charge is 2.11. The molecule has 0 aliphatic carbocycles. The van der Waals surface area contributed by atoms with Gasteiger partial charge in [-0.15, -0.1) is 0 Å². The number of amides is 1. The third-order valence-corrected chi connectivity index (χ3v) is 3.80. The van der Waals surface area contributed by atoms with Gasteiger partial charge in [0.15, 0.2) is 0 Å². The molecule has 126 valence electrons. The van der Waals surface area contributed by atoms with Crippen molar-refractivity contribution in [1.29, 1.82) is 0 Å². The van der Waals surface area contributed by atoms with Crippen LogP contribution in [0.15, 0.2) is 59.7 Å². The molecule has 0 saturated carbocycles. The number of rotatable bonds is 4. The molecule has 0 bridgehead atoms. The van der Waals surface area contributed by atoms with E-state index < -0.39 is 5.91 Å². The van der Waals surface area contributed by atoms with Crippen molar-refractivity contribution >= 4 is 23.2 Å². The SMILES string of the molecule is C/C(=N/NC(=O)c1cc(-c2ccc(Cl)cc2)n[nH]1)c1cccc(O)c1. The first kappa shape index (κ1) is 16.7. The van der Waals surface area contributed by atoms with Gasteiger partial charge in [0.05, 0.1) is 11.4 Å². The Morgan fingerprint density at radius 2 is 1.96 bits per heavy atom. The predicted octanol–water partition coefficient (Wildman–Crippen LogP) is 3.59. The summed E-state index contributed by atoms with van der Waals surface area (Å²) in [6.07, 6.45) is 0. The number of phenols is 1. The van der Waals surface area contributed by atoms with Crippen molar-refractivity contribution in [2.24, 2.45) is 5.10 Å². The van der Waals surface area contributed by atoms with E-state index in [2.05, 4.69) is 20.7 Å². The minimum atomic E-state index is -0.410. The minimum absolute atomic E-state index is 0.138. The number of carbonyl (C=O) groups excluding carboxylic acids is 1. The van der Waals surface area contributed by atoms with Gasteiger partial charge in [-0.25, -0.2) is 5.43 Å². The number of nitrogens with zero attached hydrogens (tertiary/aromatic N) is 2. The molecule has 1 aromatic heterocycles. The summed E-state index contributed by atoms with van der Waals surface area (Å²) in [4.78, 5) is 12.2. The number of hydrogen-bond acceptors (Lipinski definition) is 4. The van der Waals surface area contributed by atoms with Gasteiger partial charge >= 0.3 is 0 Å². The van der Waals surface area contributed by atoms with E-state index in [1.54, 1.807) is 49.4 Å². The van der Waals surface area contributed by atoms with Crippen LogP contribution in [0.3, 0.4) is 0 Å². The van der Waals surface area contributed by atoms with Crippen LogP contribution in [0.4, 0.5) is 0 Å². The molecule has 2 aromatic carbocycles. The maximum absolute atomic E-state index is 12.2. The summed E-state index contributed by atoms with van der Waals surface area (Å²) in [6, 6.07) is 15.4. The Hall–Kier alpha value is -3.12. The Kier molecular flexibility index (Phi) is 4.81. The molecule has 0 spiro atoms. The van der Waals surface area contributed by atoms with Crippen molar-refractivity contribution < 1.29 is 9.90 Å². The van der Waals surface area contributed by atoms with E-state index in [1.807, 2.05) is 12.1 Å². The zero-order chi connectivity index (χ0) is 17.8. The van der Waals surface area contributed by atoms with Crippen molar-refractivity contribution in [3.05, 3.63) is 70.9 Å². The highest BCUT2D eigenvalue weighted by molar-refractivity contribution is 6.30. The summed E-state index contributed by atoms with van der Waals surface area (Å²) in [6.45, 7) is 1.74. The lowest BCUT2D eigenvalue weighted by Crippen LogP contribution is -2.19. The van der Waals surface area contributed by atoms with Crippen LogP contribution in [-0.4, -0.2) is 26.9 Å². The van der Waals surface area contributed by atoms with E-state index in [0.717, 1.165) is 5.56 Å². The molecule has 0 fully saturated rings. The van der Waals surface area contributed by atoms with Crippen molar-refractivity contribution in [3.8, 4) is 17.0 Å². The number of halogens is 1. The number of phenolic OH excluding ortho intramolecular Hbond substituents is 1. The Bertz CT molecular complexity index is 932. The van der Waals surface area contributed by atoms with Gasteiger partial charge in [-0.1, -0.05) is 35.9 Å². The molecule has 1 amide bonds. The number of aromatic nitrogens is 2. The van der Waals surface area contributed by atoms with Gasteiger partial charge in [0.25, 0.3) is 5.91 Å². The molecule has 0 atom stereocenters. The Morgan fingerprint density at radius 1 is 1.20 bits per heavy atom. The van der Waals surface area contributed by atoms with E-state index in [1.165, 1.54) is 0 Å². The van der Waals surface area contributed by atoms with Gasteiger partial charge in [0.2, 0.25) is 0 Å². The first-order valence-electron chi connectivity index (χ1n) is 7.48. The minimum Gasteiger partial charge on any atom is -0.508 e. The van der Waals surface area contributed by atoms with Crippen LogP contribution in [0.1, 0.15) is 23.0 Å². The van der Waals surface area contributed by atoms with Crippen LogP contribution in [0, 0.1) is 0 Å². The summed E-state index contributed by atoms with van der Waals surface area (Å²) >= 11 is 5.86. The predicted molar refractivity (Wildman–Crippen MR) is 96.8 cm³/mol. The molecule has 6 nitrogen and oxygen atoms in total. The Labute approximate surface area is 149 Å². The second-order valence-electron chi connectivity index (χ2n) is 5.36. The lowest BCUT2D eigenvalue weighted by molar-refractivity contribution is 0.0950. The number of aromatic hydroxyl groups is 1. The maximum Gasteiger partial charge on any atom is 0.289 e. The van der Waals surface area contributed by atoms with Gasteiger partial charge in [-0.2, -0.15) is 10.2 Å². The average molecular weight is 355 g/mol. The molecule has 7 heteroatoms. The molecule has 3 aromatic rings. The van der Waals surface area contributed by atoms with Gasteiger partial charge in [0, 0.05) is 16.1 Å². The smallest absolute Gasteiger partial charge is 0.289 e. The standard InChI is InChI=1S/C18H15ClN4O2/c1-11(13-3-2-4-15(24)9-13)20-23-18(25)17-10-16(21-22-17)12-5-7-14(19)8-6-12/h2-10,24H,1H3,(H,21,22)(H,23,25)/b20-11-. The van der Waals surface area contributed by atoms with Crippen LogP contribution in [0.25, 0.3) is 11.3 Å². The second-order valence-corrected chi connectivity index (χ2v) is 5.80. The number of benzene rings is 2. The largest absolute Gasteiger partial charge is 0.508 e. The van der Waals surface area contributed by atoms with Crippen LogP contribution in [-0.2, 0) is 0 Å². The van der Waals surface area contributed by atoms with E-state index in [4.69, 9.17) is 11.6 Å². The van der Waals surface area contributed by atoms with Crippen LogP contribution >= 0.6 is 11.6 Å². The fourth-order valence-corrected chi connectivity index (χ4v) is 2.32. The first-order chi connectivity index (χ1) is 12.0. The Morgan fingerprint density at radius 3 is 2.68 bits per heavy atom. The normalized spacial score (nSPS) is 11.4. The van der Waals surface area contributed by atoms with Crippen LogP contribution in [0.5, 0.6) is 5.75 Å². The maximum atomic E-state index is 12.2. The number of carbonyl (C=O) groups is 1. The van der Waals surface area contributed by atoms with E-state index in [-0.39, 0.29) is 11.4 Å². The fourth-order valence-electron chi connectivity index (χ4n) is 2.20. The van der Waals surface area contributed by atoms with Crippen molar-refractivity contribution in [3.63, 3.8) is 0 Å². The van der Waals surface area contributed by atoms with Gasteiger partial charge in [-0.05, 0) is 37.3 Å². The topological polar surface area (TPSA) is 90.4 Å². The molecule has 0 saturated heterocycles. The van der Waals surface area contributed by atoms with Gasteiger partial charge < -0.3 is 5.11 Å². The van der Waals surface area contributed by atoms with E-state index in [0.29, 0.717) is 22.0 Å². The first-order valence-corrected chi connectivity index (χ1v) is 7.86. The van der Waals surface area contributed by atoms with E-state index in [9.17, 15) is 9.90 Å². The third-order valence-electron chi connectivity index (χ3n) is 3.55. The Balaban J connectivity index is 1.71. The quantitative estimate of drug-likeness (QED) is 0.494. The second kappa shape index (κ2) is 7.19. The molecule has 3 rings (SSSR count). The van der Waals surface area contributed by atoms with Crippen LogP contribution in [0.2, 0.25) is 5.02 Å². The molecule has 3 N–H and O–H groups in total. The number of H-pyrrole nitrogens is 1. The van der Waals surface area contributed by atoms with Crippen molar-refractivity contribution in [2.75, 3.05) is 0 Å². The monoisotopic (exact) mass is 354 g/mol. The molecule has 0 radical (unpaired) electrons. The summed E-state index contributed by atoms with van der Waals surface area (Å²) in [5.41, 5.74) is 5.52. The zero-order valence-electron chi connectivity index (χ0n) is 13.3. The molecular formula is C18H15ClN4O2. The third kappa shape index (κ3) is 4.05. The number of hydrogen-bond donors (Lipinski definition) is 3. The van der Waals surface area contributed by atoms with Gasteiger partial charge in [0.1, 0.15) is 11.4 Å². The number of aromatic amines is 1. The van der Waals surface area contributed by atoms with Crippen LogP contribution < -0.4 is 5.43 Å². The van der Waals surface area contributed by atoms with Crippen molar-refractivity contribution in [2.45, 2.75) is 6.92 Å². The lowest BCUT2D eigenvalue weighted by atomic mass is 10.1. The number of nitrogens with one attached hydrogen (secondary N) is 2. The summed E-state index contributed by atoms with van der Waals surface area (Å²) in [5, 5.41) is 21.0. The zero-order valence-corrected chi connectivity index (χ0v) is 14.1. The van der Waals surface area contributed by atoms with Crippen molar-refractivity contribution in [1.82, 2.24) is 15.6 Å². The van der Waals surface area contributed by atoms with E-state index >= 15 is 0 Å². The van der Waals surface area contributed by atoms with Gasteiger partial charge in [-0.3, -0.25) is 9.89 Å². The highest BCUT2D eigenvalue weighted by atomic mass is 35.5. The lowest BCUT2D eigenvalue weighted by Gasteiger charge is -2.02. The summed E-state index contributed by atoms with van der Waals surface area (Å²) in [5.74, 6) is -0.272. The fraction of sp³-hybridized carbons (Fsp3) is 0.0556. The molecule has 1 heterocycles. The molecule has 0 aliphatic rings. The molecule has 0 aliphatic heterocycles. The highest BCUT2D eigenvalue weighted by Crippen LogP contribution is 2.20. The molecular weight excluding hydrogens is 340 g/mol. The average Bonchev–Trinajstić information content (AvgIpc) is 3.10. The molecule has 0 unspecified atom stereocenters. The number of hydrazone groups is 1. The summed E-state index contributed by atoms with van der Waals surface area (Å²) in [7, 11) is 0.